The summed E-state index contributed by atoms with van der Waals surface area (Å²) in [5.41, 5.74) is 10.7. The Morgan fingerprint density at radius 3 is 2.41 bits per heavy atom. The van der Waals surface area contributed by atoms with Crippen molar-refractivity contribution in [1.82, 2.24) is 5.32 Å². The van der Waals surface area contributed by atoms with Gasteiger partial charge in [-0.2, -0.15) is 0 Å². The molecule has 6 heteroatoms. The van der Waals surface area contributed by atoms with Crippen LogP contribution in [0.2, 0.25) is 0 Å². The number of allylic oxidation sites excluding steroid dienone is 1. The number of nitrogens with two attached hydrogens (primary N) is 2. The summed E-state index contributed by atoms with van der Waals surface area (Å²) in [7, 11) is 0. The third-order valence-electron chi connectivity index (χ3n) is 1.62. The maximum absolute atomic E-state index is 11.3. The number of guanidine groups is 1. The summed E-state index contributed by atoms with van der Waals surface area (Å²) < 4.78 is 5.07. The highest BCUT2D eigenvalue weighted by Gasteiger charge is 2.15. The number of carbonyl (C=O) groups excluding carboxylic acids is 1. The van der Waals surface area contributed by atoms with Gasteiger partial charge in [-0.1, -0.05) is 6.92 Å². The van der Waals surface area contributed by atoms with Gasteiger partial charge in [0.15, 0.2) is 5.96 Å². The van der Waals surface area contributed by atoms with E-state index in [1.807, 2.05) is 6.92 Å². The van der Waals surface area contributed by atoms with Crippen LogP contribution >= 0.6 is 0 Å². The predicted molar refractivity (Wildman–Crippen MR) is 68.4 cm³/mol. The van der Waals surface area contributed by atoms with Crippen LogP contribution in [0.25, 0.3) is 0 Å². The maximum Gasteiger partial charge on any atom is 0.407 e. The average Bonchev–Trinajstić information content (AvgIpc) is 2.12. The molecule has 0 bridgehead atoms. The minimum Gasteiger partial charge on any atom is -0.444 e. The van der Waals surface area contributed by atoms with Crippen LogP contribution in [-0.2, 0) is 4.74 Å². The Bertz CT molecular complexity index is 312. The van der Waals surface area contributed by atoms with Crippen molar-refractivity contribution in [2.45, 2.75) is 39.7 Å². The van der Waals surface area contributed by atoms with Gasteiger partial charge in [-0.15, -0.1) is 0 Å². The third kappa shape index (κ3) is 9.22. The van der Waals surface area contributed by atoms with E-state index >= 15 is 0 Å². The van der Waals surface area contributed by atoms with Gasteiger partial charge in [0, 0.05) is 12.2 Å². The Kier molecular flexibility index (Phi) is 6.09. The number of hydrogen-bond acceptors (Lipinski definition) is 3. The maximum atomic E-state index is 11.3. The number of aliphatic imine (C=N–C) groups is 1. The molecule has 0 saturated carbocycles. The van der Waals surface area contributed by atoms with Gasteiger partial charge in [-0.3, -0.25) is 0 Å². The van der Waals surface area contributed by atoms with E-state index in [-0.39, 0.29) is 5.96 Å². The number of rotatable bonds is 4. The molecular formula is C11H22N4O2. The molecule has 0 radical (unpaired) electrons. The van der Waals surface area contributed by atoms with E-state index in [2.05, 4.69) is 10.3 Å². The molecule has 5 N–H and O–H groups in total. The second-order valence-corrected chi connectivity index (χ2v) is 4.47. The van der Waals surface area contributed by atoms with E-state index in [1.54, 1.807) is 26.8 Å². The van der Waals surface area contributed by atoms with E-state index in [0.717, 1.165) is 5.70 Å². The van der Waals surface area contributed by atoms with Crippen LogP contribution in [0, 0.1) is 0 Å². The lowest BCUT2D eigenvalue weighted by Gasteiger charge is -2.19. The highest BCUT2D eigenvalue weighted by molar-refractivity contribution is 5.76. The fourth-order valence-electron chi connectivity index (χ4n) is 1.00. The molecule has 0 saturated heterocycles. The SMILES string of the molecule is CC/C(=C\CNC(=O)OC(C)(C)C)N=C(N)N. The van der Waals surface area contributed by atoms with E-state index in [4.69, 9.17) is 16.2 Å². The second kappa shape index (κ2) is 6.78. The first-order valence-electron chi connectivity index (χ1n) is 5.50. The van der Waals surface area contributed by atoms with Crippen molar-refractivity contribution in [3.63, 3.8) is 0 Å². The monoisotopic (exact) mass is 242 g/mol. The molecule has 0 rings (SSSR count). The fraction of sp³-hybridized carbons (Fsp3) is 0.636. The molecule has 0 aliphatic carbocycles. The molecule has 0 spiro atoms. The zero-order valence-electron chi connectivity index (χ0n) is 10.9. The van der Waals surface area contributed by atoms with Gasteiger partial charge < -0.3 is 21.5 Å². The first-order chi connectivity index (χ1) is 7.74. The van der Waals surface area contributed by atoms with Crippen molar-refractivity contribution in [1.29, 1.82) is 0 Å². The average molecular weight is 242 g/mol. The Morgan fingerprint density at radius 1 is 1.41 bits per heavy atom. The molecule has 6 nitrogen and oxygen atoms in total. The number of amides is 1. The normalized spacial score (nSPS) is 11.9. The van der Waals surface area contributed by atoms with Gasteiger partial charge in [-0.05, 0) is 33.3 Å². The molecule has 0 fully saturated rings. The molecule has 0 aromatic carbocycles. The van der Waals surface area contributed by atoms with E-state index in [0.29, 0.717) is 13.0 Å². The summed E-state index contributed by atoms with van der Waals surface area (Å²) in [6, 6.07) is 0. The molecule has 0 heterocycles. The van der Waals surface area contributed by atoms with Gasteiger partial charge in [0.1, 0.15) is 5.60 Å². The van der Waals surface area contributed by atoms with Crippen LogP contribution in [0.15, 0.2) is 16.8 Å². The van der Waals surface area contributed by atoms with Crippen LogP contribution in [0.4, 0.5) is 4.79 Å². The first-order valence-corrected chi connectivity index (χ1v) is 5.50. The van der Waals surface area contributed by atoms with Crippen molar-refractivity contribution < 1.29 is 9.53 Å². The van der Waals surface area contributed by atoms with Crippen LogP contribution in [0.3, 0.4) is 0 Å². The Labute approximate surface area is 102 Å². The van der Waals surface area contributed by atoms with E-state index in [1.165, 1.54) is 0 Å². The topological polar surface area (TPSA) is 103 Å². The molecule has 0 aromatic heterocycles. The van der Waals surface area contributed by atoms with Crippen LogP contribution in [0.1, 0.15) is 34.1 Å². The summed E-state index contributed by atoms with van der Waals surface area (Å²) >= 11 is 0. The highest BCUT2D eigenvalue weighted by atomic mass is 16.6. The minimum atomic E-state index is -0.499. The Morgan fingerprint density at radius 2 is 2.00 bits per heavy atom. The lowest BCUT2D eigenvalue weighted by molar-refractivity contribution is 0.0534. The quantitative estimate of drug-likeness (QED) is 0.507. The van der Waals surface area contributed by atoms with Crippen LogP contribution in [0.5, 0.6) is 0 Å². The summed E-state index contributed by atoms with van der Waals surface area (Å²) in [4.78, 5) is 15.2. The van der Waals surface area contributed by atoms with E-state index < -0.39 is 11.7 Å². The fourth-order valence-corrected chi connectivity index (χ4v) is 1.00. The van der Waals surface area contributed by atoms with Gasteiger partial charge in [0.2, 0.25) is 0 Å². The Hall–Kier alpha value is -1.72. The number of hydrogen-bond donors (Lipinski definition) is 3. The number of alkyl carbamates (subject to hydrolysis) is 1. The zero-order valence-corrected chi connectivity index (χ0v) is 10.9. The molecule has 1 amide bonds. The highest BCUT2D eigenvalue weighted by Crippen LogP contribution is 2.06. The number of nitrogens with one attached hydrogen (secondary N) is 1. The van der Waals surface area contributed by atoms with Gasteiger partial charge >= 0.3 is 6.09 Å². The van der Waals surface area contributed by atoms with Gasteiger partial charge in [0.25, 0.3) is 0 Å². The van der Waals surface area contributed by atoms with Gasteiger partial charge in [0.05, 0.1) is 0 Å². The molecule has 17 heavy (non-hydrogen) atoms. The predicted octanol–water partition coefficient (Wildman–Crippen LogP) is 1.08. The van der Waals surface area contributed by atoms with Crippen LogP contribution < -0.4 is 16.8 Å². The van der Waals surface area contributed by atoms with Crippen molar-refractivity contribution in [2.24, 2.45) is 16.5 Å². The summed E-state index contributed by atoms with van der Waals surface area (Å²) in [5, 5.41) is 2.59. The first kappa shape index (κ1) is 15.3. The summed E-state index contributed by atoms with van der Waals surface area (Å²) in [6.07, 6.45) is 1.96. The molecule has 0 unspecified atom stereocenters. The molecule has 0 aliphatic heterocycles. The van der Waals surface area contributed by atoms with Crippen molar-refractivity contribution >= 4 is 12.1 Å². The number of nitrogens with zero attached hydrogens (tertiary/aromatic N) is 1. The largest absolute Gasteiger partial charge is 0.444 e. The molecule has 0 atom stereocenters. The van der Waals surface area contributed by atoms with Gasteiger partial charge in [-0.25, -0.2) is 9.79 Å². The summed E-state index contributed by atoms with van der Waals surface area (Å²) in [5.74, 6) is 0.00960. The Balaban J connectivity index is 4.16. The molecular weight excluding hydrogens is 220 g/mol. The lowest BCUT2D eigenvalue weighted by Crippen LogP contribution is -2.32. The minimum absolute atomic E-state index is 0.00960. The standard InChI is InChI=1S/C11H22N4O2/c1-5-8(15-9(12)13)6-7-14-10(16)17-11(2,3)4/h6H,5,7H2,1-4H3,(H,14,16)(H4,12,13,15)/b8-6+. The smallest absolute Gasteiger partial charge is 0.407 e. The van der Waals surface area contributed by atoms with Crippen LogP contribution in [-0.4, -0.2) is 24.2 Å². The molecule has 98 valence electrons. The van der Waals surface area contributed by atoms with Crippen molar-refractivity contribution in [3.8, 4) is 0 Å². The number of ether oxygens (including phenoxy) is 1. The zero-order chi connectivity index (χ0) is 13.5. The molecule has 0 aromatic rings. The van der Waals surface area contributed by atoms with Crippen molar-refractivity contribution in [3.05, 3.63) is 11.8 Å². The lowest BCUT2D eigenvalue weighted by atomic mass is 10.2. The number of carbonyl (C=O) groups is 1. The second-order valence-electron chi connectivity index (χ2n) is 4.47. The third-order valence-corrected chi connectivity index (χ3v) is 1.62. The van der Waals surface area contributed by atoms with E-state index in [9.17, 15) is 4.79 Å². The van der Waals surface area contributed by atoms with Crippen molar-refractivity contribution in [2.75, 3.05) is 6.54 Å². The molecule has 0 aliphatic rings. The summed E-state index contributed by atoms with van der Waals surface area (Å²) in [6.45, 7) is 7.67.